The molecule has 2 aromatic rings. The fourth-order valence-corrected chi connectivity index (χ4v) is 2.49. The van der Waals surface area contributed by atoms with E-state index in [1.807, 2.05) is 43.3 Å². The molecule has 1 aromatic heterocycles. The molecule has 0 aliphatic rings. The summed E-state index contributed by atoms with van der Waals surface area (Å²) in [6.07, 6.45) is 3.43. The number of carbonyl (C=O) groups excluding carboxylic acids is 1. The van der Waals surface area contributed by atoms with Gasteiger partial charge >= 0.3 is 5.97 Å². The lowest BCUT2D eigenvalue weighted by molar-refractivity contribution is -0.137. The zero-order valence-electron chi connectivity index (χ0n) is 12.8. The molecule has 0 saturated heterocycles. The molecule has 2 rings (SSSR count). The van der Waals surface area contributed by atoms with Crippen molar-refractivity contribution in [1.29, 1.82) is 5.26 Å². The Morgan fingerprint density at radius 3 is 2.82 bits per heavy atom. The topological polar surface area (TPSA) is 55.0 Å². The lowest BCUT2D eigenvalue weighted by atomic mass is 10.1. The van der Waals surface area contributed by atoms with E-state index in [-0.39, 0.29) is 12.2 Å². The number of hydrogen-bond donors (Lipinski definition) is 0. The van der Waals surface area contributed by atoms with E-state index in [1.54, 1.807) is 13.0 Å². The predicted molar refractivity (Wildman–Crippen MR) is 87.1 cm³/mol. The van der Waals surface area contributed by atoms with Crippen LogP contribution in [0.25, 0.3) is 17.0 Å². The van der Waals surface area contributed by atoms with Gasteiger partial charge in [-0.15, -0.1) is 6.58 Å². The number of para-hydroxylation sites is 1. The molecule has 0 bridgehead atoms. The molecule has 0 spiro atoms. The van der Waals surface area contributed by atoms with Crippen LogP contribution in [0, 0.1) is 18.3 Å². The molecule has 112 valence electrons. The number of benzene rings is 1. The Morgan fingerprint density at radius 1 is 1.45 bits per heavy atom. The second-order valence-electron chi connectivity index (χ2n) is 4.81. The molecule has 4 heteroatoms. The number of carbonyl (C=O) groups is 1. The van der Waals surface area contributed by atoms with Crippen molar-refractivity contribution in [2.75, 3.05) is 6.61 Å². The van der Waals surface area contributed by atoms with Crippen molar-refractivity contribution < 1.29 is 9.53 Å². The van der Waals surface area contributed by atoms with Gasteiger partial charge in [0.25, 0.3) is 0 Å². The molecule has 0 N–H and O–H groups in total. The maximum atomic E-state index is 11.8. The number of esters is 1. The molecule has 1 aromatic carbocycles. The minimum Gasteiger partial charge on any atom is -0.462 e. The molecule has 1 heterocycles. The van der Waals surface area contributed by atoms with Crippen LogP contribution in [0.2, 0.25) is 0 Å². The highest BCUT2D eigenvalue weighted by Gasteiger charge is 2.15. The smallest absolute Gasteiger partial charge is 0.348 e. The third-order valence-electron chi connectivity index (χ3n) is 3.50. The maximum Gasteiger partial charge on any atom is 0.348 e. The number of nitriles is 1. The molecule has 0 saturated carbocycles. The Labute approximate surface area is 129 Å². The lowest BCUT2D eigenvalue weighted by Crippen LogP contribution is -2.06. The van der Waals surface area contributed by atoms with E-state index in [4.69, 9.17) is 4.74 Å². The maximum absolute atomic E-state index is 11.8. The van der Waals surface area contributed by atoms with Gasteiger partial charge in [0.15, 0.2) is 0 Å². The SMILES string of the molecule is C=CCn1c(C)c(/C=C(/C#N)C(=O)OCC)c2ccccc21. The number of ether oxygens (including phenoxy) is 1. The molecule has 0 aliphatic carbocycles. The summed E-state index contributed by atoms with van der Waals surface area (Å²) in [5.74, 6) is -0.593. The van der Waals surface area contributed by atoms with E-state index in [0.29, 0.717) is 6.54 Å². The molecule has 0 aliphatic heterocycles. The van der Waals surface area contributed by atoms with E-state index in [0.717, 1.165) is 22.2 Å². The van der Waals surface area contributed by atoms with Gasteiger partial charge in [0.1, 0.15) is 11.6 Å². The van der Waals surface area contributed by atoms with Crippen LogP contribution >= 0.6 is 0 Å². The first-order valence-corrected chi connectivity index (χ1v) is 7.11. The van der Waals surface area contributed by atoms with Gasteiger partial charge in [-0.1, -0.05) is 24.3 Å². The van der Waals surface area contributed by atoms with Gasteiger partial charge in [0.2, 0.25) is 0 Å². The Kier molecular flexibility index (Phi) is 4.80. The van der Waals surface area contributed by atoms with Crippen LogP contribution in [0.4, 0.5) is 0 Å². The van der Waals surface area contributed by atoms with Crippen LogP contribution in [0.15, 0.2) is 42.5 Å². The van der Waals surface area contributed by atoms with E-state index in [2.05, 4.69) is 11.1 Å². The van der Waals surface area contributed by atoms with Crippen molar-refractivity contribution in [2.45, 2.75) is 20.4 Å². The molecule has 4 nitrogen and oxygen atoms in total. The summed E-state index contributed by atoms with van der Waals surface area (Å²) in [5, 5.41) is 10.2. The zero-order chi connectivity index (χ0) is 16.1. The van der Waals surface area contributed by atoms with Gasteiger partial charge in [-0.05, 0) is 26.0 Å². The molecule has 0 fully saturated rings. The van der Waals surface area contributed by atoms with Crippen LogP contribution in [0.5, 0.6) is 0 Å². The van der Waals surface area contributed by atoms with Crippen LogP contribution in [-0.2, 0) is 16.1 Å². The quantitative estimate of drug-likeness (QED) is 0.366. The van der Waals surface area contributed by atoms with Gasteiger partial charge in [0.05, 0.1) is 6.61 Å². The second kappa shape index (κ2) is 6.77. The first-order chi connectivity index (χ1) is 10.6. The average Bonchev–Trinajstić information content (AvgIpc) is 2.78. The highest BCUT2D eigenvalue weighted by atomic mass is 16.5. The number of allylic oxidation sites excluding steroid dienone is 1. The summed E-state index contributed by atoms with van der Waals surface area (Å²) < 4.78 is 7.03. The van der Waals surface area contributed by atoms with Crippen molar-refractivity contribution in [3.63, 3.8) is 0 Å². The Morgan fingerprint density at radius 2 is 2.18 bits per heavy atom. The summed E-state index contributed by atoms with van der Waals surface area (Å²) >= 11 is 0. The van der Waals surface area contributed by atoms with E-state index in [1.165, 1.54) is 0 Å². The molecule has 0 unspecified atom stereocenters. The highest BCUT2D eigenvalue weighted by Crippen LogP contribution is 2.28. The van der Waals surface area contributed by atoms with Crippen molar-refractivity contribution in [3.05, 3.63) is 53.8 Å². The molecular formula is C18H18N2O2. The van der Waals surface area contributed by atoms with Crippen molar-refractivity contribution in [1.82, 2.24) is 4.57 Å². The van der Waals surface area contributed by atoms with Gasteiger partial charge in [0, 0.05) is 28.7 Å². The monoisotopic (exact) mass is 294 g/mol. The molecule has 0 radical (unpaired) electrons. The van der Waals surface area contributed by atoms with Crippen molar-refractivity contribution >= 4 is 22.9 Å². The van der Waals surface area contributed by atoms with E-state index < -0.39 is 5.97 Å². The number of hydrogen-bond acceptors (Lipinski definition) is 3. The standard InChI is InChI=1S/C18H18N2O2/c1-4-10-20-13(3)16(15-8-6-7-9-17(15)20)11-14(12-19)18(21)22-5-2/h4,6-9,11H,1,5,10H2,2-3H3/b14-11-. The number of aromatic nitrogens is 1. The molecule has 0 amide bonds. The Balaban J connectivity index is 2.65. The van der Waals surface area contributed by atoms with Crippen LogP contribution < -0.4 is 0 Å². The fourth-order valence-electron chi connectivity index (χ4n) is 2.49. The molecule has 0 atom stereocenters. The first-order valence-electron chi connectivity index (χ1n) is 7.11. The second-order valence-corrected chi connectivity index (χ2v) is 4.81. The zero-order valence-corrected chi connectivity index (χ0v) is 12.8. The molecular weight excluding hydrogens is 276 g/mol. The van der Waals surface area contributed by atoms with E-state index >= 15 is 0 Å². The minimum atomic E-state index is -0.593. The van der Waals surface area contributed by atoms with Crippen LogP contribution in [0.3, 0.4) is 0 Å². The van der Waals surface area contributed by atoms with Gasteiger partial charge < -0.3 is 9.30 Å². The molecule has 22 heavy (non-hydrogen) atoms. The van der Waals surface area contributed by atoms with Crippen LogP contribution in [-0.4, -0.2) is 17.1 Å². The fraction of sp³-hybridized carbons (Fsp3) is 0.222. The van der Waals surface area contributed by atoms with Crippen molar-refractivity contribution in [3.8, 4) is 6.07 Å². The predicted octanol–water partition coefficient (Wildman–Crippen LogP) is 3.61. The highest BCUT2D eigenvalue weighted by molar-refractivity contribution is 6.01. The largest absolute Gasteiger partial charge is 0.462 e. The normalized spacial score (nSPS) is 11.2. The minimum absolute atomic E-state index is 0.00598. The van der Waals surface area contributed by atoms with Gasteiger partial charge in [-0.2, -0.15) is 5.26 Å². The summed E-state index contributed by atoms with van der Waals surface area (Å²) in [4.78, 5) is 11.8. The van der Waals surface area contributed by atoms with Crippen LogP contribution in [0.1, 0.15) is 18.2 Å². The first kappa shape index (κ1) is 15.6. The summed E-state index contributed by atoms with van der Waals surface area (Å²) in [6.45, 7) is 8.38. The number of fused-ring (bicyclic) bond motifs is 1. The van der Waals surface area contributed by atoms with Gasteiger partial charge in [-0.25, -0.2) is 4.79 Å². The van der Waals surface area contributed by atoms with Crippen molar-refractivity contribution in [2.24, 2.45) is 0 Å². The lowest BCUT2D eigenvalue weighted by Gasteiger charge is -2.04. The average molecular weight is 294 g/mol. The van der Waals surface area contributed by atoms with Gasteiger partial charge in [-0.3, -0.25) is 0 Å². The Bertz CT molecular complexity index is 791. The summed E-state index contributed by atoms with van der Waals surface area (Å²) in [5.41, 5.74) is 2.90. The third kappa shape index (κ3) is 2.79. The third-order valence-corrected chi connectivity index (χ3v) is 3.50. The summed E-state index contributed by atoms with van der Waals surface area (Å²) in [6, 6.07) is 9.82. The van der Waals surface area contributed by atoms with E-state index in [9.17, 15) is 10.1 Å². The number of rotatable bonds is 5. The number of nitrogens with zero attached hydrogens (tertiary/aromatic N) is 2. The summed E-state index contributed by atoms with van der Waals surface area (Å²) in [7, 11) is 0. The Hall–Kier alpha value is -2.80.